The van der Waals surface area contributed by atoms with Crippen molar-refractivity contribution in [3.8, 4) is 0 Å². The van der Waals surface area contributed by atoms with Gasteiger partial charge in [0, 0.05) is 18.2 Å². The van der Waals surface area contributed by atoms with Gasteiger partial charge in [-0.15, -0.1) is 0 Å². The fourth-order valence-corrected chi connectivity index (χ4v) is 2.67. The molecule has 0 fully saturated rings. The molecule has 0 amide bonds. The highest BCUT2D eigenvalue weighted by atomic mass is 19.1. The average Bonchev–Trinajstić information content (AvgIpc) is 2.66. The van der Waals surface area contributed by atoms with E-state index in [1.165, 1.54) is 11.6 Å². The molecular weight excluding hydrogens is 329 g/mol. The quantitative estimate of drug-likeness (QED) is 0.501. The summed E-state index contributed by atoms with van der Waals surface area (Å²) in [5.74, 6) is 0.350. The Morgan fingerprint density at radius 1 is 1.15 bits per heavy atom. The maximum Gasteiger partial charge on any atom is 0.191 e. The summed E-state index contributed by atoms with van der Waals surface area (Å²) in [6.45, 7) is 5.04. The van der Waals surface area contributed by atoms with E-state index in [0.29, 0.717) is 12.1 Å². The van der Waals surface area contributed by atoms with Crippen LogP contribution in [0.5, 0.6) is 0 Å². The summed E-state index contributed by atoms with van der Waals surface area (Å²) < 4.78 is 13.5. The summed E-state index contributed by atoms with van der Waals surface area (Å²) in [5.41, 5.74) is 2.49. The Morgan fingerprint density at radius 3 is 2.62 bits per heavy atom. The Labute approximate surface area is 155 Å². The standard InChI is InChI=1S/C21H28FN3O/c1-3-23-21(24-14-18-11-12-20(22)19(13-18)15-26)25-16(2)9-10-17-7-5-4-6-8-17/h4-8,11-13,16,26H,3,9-10,14-15H2,1-2H3,(H2,23,24,25). The van der Waals surface area contributed by atoms with Crippen molar-refractivity contribution in [2.75, 3.05) is 6.54 Å². The summed E-state index contributed by atoms with van der Waals surface area (Å²) in [6, 6.07) is 15.4. The van der Waals surface area contributed by atoms with E-state index in [2.05, 4.69) is 46.8 Å². The Morgan fingerprint density at radius 2 is 1.92 bits per heavy atom. The van der Waals surface area contributed by atoms with E-state index >= 15 is 0 Å². The predicted molar refractivity (Wildman–Crippen MR) is 104 cm³/mol. The highest BCUT2D eigenvalue weighted by Gasteiger charge is 2.07. The highest BCUT2D eigenvalue weighted by Crippen LogP contribution is 2.11. The molecule has 0 radical (unpaired) electrons. The van der Waals surface area contributed by atoms with Gasteiger partial charge in [0.15, 0.2) is 5.96 Å². The van der Waals surface area contributed by atoms with E-state index in [1.807, 2.05) is 13.0 Å². The number of benzene rings is 2. The van der Waals surface area contributed by atoms with Crippen LogP contribution in [-0.4, -0.2) is 23.7 Å². The Hall–Kier alpha value is -2.40. The number of guanidine groups is 1. The van der Waals surface area contributed by atoms with Crippen molar-refractivity contribution in [2.45, 2.75) is 45.9 Å². The number of nitrogens with one attached hydrogen (secondary N) is 2. The van der Waals surface area contributed by atoms with Gasteiger partial charge in [0.1, 0.15) is 5.82 Å². The number of rotatable bonds is 8. The van der Waals surface area contributed by atoms with Crippen molar-refractivity contribution >= 4 is 5.96 Å². The Balaban J connectivity index is 1.93. The SMILES string of the molecule is CCNC(=NCc1ccc(F)c(CO)c1)NC(C)CCc1ccccc1. The van der Waals surface area contributed by atoms with Gasteiger partial charge in [0.25, 0.3) is 0 Å². The third kappa shape index (κ3) is 6.48. The van der Waals surface area contributed by atoms with Gasteiger partial charge in [-0.3, -0.25) is 0 Å². The highest BCUT2D eigenvalue weighted by molar-refractivity contribution is 5.80. The third-order valence-electron chi connectivity index (χ3n) is 4.14. The molecule has 2 rings (SSSR count). The zero-order chi connectivity index (χ0) is 18.8. The summed E-state index contributed by atoms with van der Waals surface area (Å²) >= 11 is 0. The molecule has 0 bridgehead atoms. The fraction of sp³-hybridized carbons (Fsp3) is 0.381. The zero-order valence-corrected chi connectivity index (χ0v) is 15.5. The molecule has 1 atom stereocenters. The van der Waals surface area contributed by atoms with Crippen LogP contribution in [0.4, 0.5) is 4.39 Å². The molecular formula is C21H28FN3O. The van der Waals surface area contributed by atoms with E-state index in [-0.39, 0.29) is 18.5 Å². The first kappa shape index (κ1) is 19.9. The van der Waals surface area contributed by atoms with Crippen molar-refractivity contribution < 1.29 is 9.50 Å². The van der Waals surface area contributed by atoms with Crippen LogP contribution in [0.25, 0.3) is 0 Å². The van der Waals surface area contributed by atoms with E-state index < -0.39 is 0 Å². The van der Waals surface area contributed by atoms with Gasteiger partial charge in [-0.1, -0.05) is 36.4 Å². The molecule has 0 saturated carbocycles. The van der Waals surface area contributed by atoms with Crippen LogP contribution >= 0.6 is 0 Å². The number of nitrogens with zero attached hydrogens (tertiary/aromatic N) is 1. The normalized spacial score (nSPS) is 12.7. The molecule has 4 nitrogen and oxygen atoms in total. The van der Waals surface area contributed by atoms with Crippen LogP contribution in [0.3, 0.4) is 0 Å². The van der Waals surface area contributed by atoms with Crippen LogP contribution in [0.1, 0.15) is 37.0 Å². The minimum atomic E-state index is -0.389. The molecule has 140 valence electrons. The van der Waals surface area contributed by atoms with Gasteiger partial charge >= 0.3 is 0 Å². The fourth-order valence-electron chi connectivity index (χ4n) is 2.67. The predicted octanol–water partition coefficient (Wildman–Crippen LogP) is 3.39. The summed E-state index contributed by atoms with van der Waals surface area (Å²) in [6.07, 6.45) is 2.01. The molecule has 2 aromatic carbocycles. The van der Waals surface area contributed by atoms with E-state index in [0.717, 1.165) is 30.9 Å². The van der Waals surface area contributed by atoms with E-state index in [4.69, 9.17) is 0 Å². The first-order valence-electron chi connectivity index (χ1n) is 9.09. The third-order valence-corrected chi connectivity index (χ3v) is 4.14. The molecule has 0 aliphatic heterocycles. The second kappa shape index (κ2) is 10.6. The first-order chi connectivity index (χ1) is 12.6. The molecule has 2 aromatic rings. The molecule has 0 aromatic heterocycles. The Bertz CT molecular complexity index is 704. The number of aryl methyl sites for hydroxylation is 1. The minimum Gasteiger partial charge on any atom is -0.392 e. The van der Waals surface area contributed by atoms with Crippen LogP contribution < -0.4 is 10.6 Å². The number of aliphatic hydroxyl groups is 1. The number of aliphatic imine (C=N–C) groups is 1. The monoisotopic (exact) mass is 357 g/mol. The van der Waals surface area contributed by atoms with Crippen molar-refractivity contribution in [2.24, 2.45) is 4.99 Å². The lowest BCUT2D eigenvalue weighted by molar-refractivity contribution is 0.275. The number of hydrogen-bond donors (Lipinski definition) is 3. The summed E-state index contributed by atoms with van der Waals surface area (Å²) in [4.78, 5) is 4.57. The second-order valence-electron chi connectivity index (χ2n) is 6.35. The molecule has 0 saturated heterocycles. The van der Waals surface area contributed by atoms with Crippen LogP contribution in [0, 0.1) is 5.82 Å². The second-order valence-corrected chi connectivity index (χ2v) is 6.35. The average molecular weight is 357 g/mol. The van der Waals surface area contributed by atoms with Crippen LogP contribution in [-0.2, 0) is 19.6 Å². The topological polar surface area (TPSA) is 56.7 Å². The molecule has 1 unspecified atom stereocenters. The lowest BCUT2D eigenvalue weighted by atomic mass is 10.1. The van der Waals surface area contributed by atoms with Crippen molar-refractivity contribution in [1.29, 1.82) is 0 Å². The molecule has 0 aliphatic carbocycles. The molecule has 26 heavy (non-hydrogen) atoms. The van der Waals surface area contributed by atoms with Crippen molar-refractivity contribution in [1.82, 2.24) is 10.6 Å². The summed E-state index contributed by atoms with van der Waals surface area (Å²) in [7, 11) is 0. The van der Waals surface area contributed by atoms with E-state index in [1.54, 1.807) is 12.1 Å². The van der Waals surface area contributed by atoms with Gasteiger partial charge in [0.05, 0.1) is 13.2 Å². The lowest BCUT2D eigenvalue weighted by Gasteiger charge is -2.18. The molecule has 0 heterocycles. The van der Waals surface area contributed by atoms with Gasteiger partial charge in [-0.25, -0.2) is 9.38 Å². The Kier molecular flexibility index (Phi) is 8.09. The molecule has 5 heteroatoms. The largest absolute Gasteiger partial charge is 0.392 e. The van der Waals surface area contributed by atoms with Gasteiger partial charge in [-0.2, -0.15) is 0 Å². The van der Waals surface area contributed by atoms with Gasteiger partial charge in [-0.05, 0) is 49.9 Å². The van der Waals surface area contributed by atoms with E-state index in [9.17, 15) is 9.50 Å². The van der Waals surface area contributed by atoms with Crippen molar-refractivity contribution in [3.63, 3.8) is 0 Å². The summed E-state index contributed by atoms with van der Waals surface area (Å²) in [5, 5.41) is 15.8. The maximum absolute atomic E-state index is 13.5. The smallest absolute Gasteiger partial charge is 0.191 e. The van der Waals surface area contributed by atoms with Crippen LogP contribution in [0.15, 0.2) is 53.5 Å². The number of halogens is 1. The molecule has 0 aliphatic rings. The number of hydrogen-bond acceptors (Lipinski definition) is 2. The minimum absolute atomic E-state index is 0.272. The number of aliphatic hydroxyl groups excluding tert-OH is 1. The maximum atomic E-state index is 13.5. The van der Waals surface area contributed by atoms with Crippen molar-refractivity contribution in [3.05, 3.63) is 71.0 Å². The first-order valence-corrected chi connectivity index (χ1v) is 9.09. The molecule has 0 spiro atoms. The van der Waals surface area contributed by atoms with Gasteiger partial charge in [0.2, 0.25) is 0 Å². The van der Waals surface area contributed by atoms with Crippen LogP contribution in [0.2, 0.25) is 0 Å². The molecule has 3 N–H and O–H groups in total. The zero-order valence-electron chi connectivity index (χ0n) is 15.5. The van der Waals surface area contributed by atoms with Gasteiger partial charge < -0.3 is 15.7 Å². The lowest BCUT2D eigenvalue weighted by Crippen LogP contribution is -2.42.